The van der Waals surface area contributed by atoms with Gasteiger partial charge in [0.2, 0.25) is 0 Å². The first-order valence-corrected chi connectivity index (χ1v) is 4.29. The molecule has 0 saturated carbocycles. The first-order chi connectivity index (χ1) is 5.65. The third-order valence-electron chi connectivity index (χ3n) is 1.58. The summed E-state index contributed by atoms with van der Waals surface area (Å²) in [6.07, 6.45) is 0. The number of phenolic OH excluding ortho intramolecular Hbond substituents is 1. The van der Waals surface area contributed by atoms with Crippen molar-refractivity contribution in [3.63, 3.8) is 0 Å². The average Bonchev–Trinajstić information content (AvgIpc) is 2.01. The standard InChI is InChI=1S/C8H10BrNO2/c1-5-2-6(4-10-12)3-7(11)8(5)9/h2-3,10-12H,4H2,1H3. The van der Waals surface area contributed by atoms with Gasteiger partial charge in [-0.25, -0.2) is 5.48 Å². The molecule has 66 valence electrons. The fraction of sp³-hybridized carbons (Fsp3) is 0.250. The summed E-state index contributed by atoms with van der Waals surface area (Å²) in [4.78, 5) is 0. The number of halogens is 1. The molecule has 0 saturated heterocycles. The third kappa shape index (κ3) is 1.97. The van der Waals surface area contributed by atoms with Gasteiger partial charge in [0.15, 0.2) is 0 Å². The van der Waals surface area contributed by atoms with Gasteiger partial charge < -0.3 is 10.3 Å². The maximum absolute atomic E-state index is 9.35. The van der Waals surface area contributed by atoms with E-state index in [1.807, 2.05) is 18.5 Å². The van der Waals surface area contributed by atoms with Gasteiger partial charge in [0.25, 0.3) is 0 Å². The molecule has 0 atom stereocenters. The van der Waals surface area contributed by atoms with E-state index >= 15 is 0 Å². The molecule has 1 rings (SSSR count). The number of aryl methyl sites for hydroxylation is 1. The second-order valence-corrected chi connectivity index (χ2v) is 3.37. The van der Waals surface area contributed by atoms with Crippen LogP contribution in [0.4, 0.5) is 0 Å². The summed E-state index contributed by atoms with van der Waals surface area (Å²) in [5.41, 5.74) is 3.82. The SMILES string of the molecule is Cc1cc(CNO)cc(O)c1Br. The Morgan fingerprint density at radius 3 is 2.67 bits per heavy atom. The molecule has 0 aliphatic rings. The lowest BCUT2D eigenvalue weighted by molar-refractivity contribution is 0.161. The molecule has 0 unspecified atom stereocenters. The molecule has 1 aromatic rings. The normalized spacial score (nSPS) is 10.2. The number of aromatic hydroxyl groups is 1. The van der Waals surface area contributed by atoms with Crippen LogP contribution in [-0.2, 0) is 6.54 Å². The smallest absolute Gasteiger partial charge is 0.130 e. The van der Waals surface area contributed by atoms with Crippen molar-refractivity contribution in [2.75, 3.05) is 0 Å². The number of nitrogens with one attached hydrogen (secondary N) is 1. The summed E-state index contributed by atoms with van der Waals surface area (Å²) in [6.45, 7) is 2.21. The molecular weight excluding hydrogens is 222 g/mol. The van der Waals surface area contributed by atoms with Crippen molar-refractivity contribution in [2.45, 2.75) is 13.5 Å². The highest BCUT2D eigenvalue weighted by atomic mass is 79.9. The van der Waals surface area contributed by atoms with Crippen molar-refractivity contribution < 1.29 is 10.3 Å². The van der Waals surface area contributed by atoms with Gasteiger partial charge in [-0.1, -0.05) is 6.07 Å². The largest absolute Gasteiger partial charge is 0.507 e. The van der Waals surface area contributed by atoms with Crippen LogP contribution >= 0.6 is 15.9 Å². The summed E-state index contributed by atoms with van der Waals surface area (Å²) < 4.78 is 0.698. The molecule has 12 heavy (non-hydrogen) atoms. The lowest BCUT2D eigenvalue weighted by atomic mass is 10.1. The van der Waals surface area contributed by atoms with Crippen LogP contribution in [0.1, 0.15) is 11.1 Å². The van der Waals surface area contributed by atoms with E-state index in [0.717, 1.165) is 11.1 Å². The summed E-state index contributed by atoms with van der Waals surface area (Å²) in [6, 6.07) is 3.48. The van der Waals surface area contributed by atoms with E-state index in [4.69, 9.17) is 5.21 Å². The van der Waals surface area contributed by atoms with Crippen LogP contribution in [0.2, 0.25) is 0 Å². The van der Waals surface area contributed by atoms with Crippen LogP contribution in [-0.4, -0.2) is 10.3 Å². The van der Waals surface area contributed by atoms with Crippen molar-refractivity contribution in [2.24, 2.45) is 0 Å². The molecule has 0 spiro atoms. The number of hydrogen-bond acceptors (Lipinski definition) is 3. The molecule has 0 heterocycles. The second kappa shape index (κ2) is 3.89. The number of phenols is 1. The lowest BCUT2D eigenvalue weighted by Crippen LogP contribution is -2.06. The summed E-state index contributed by atoms with van der Waals surface area (Å²) in [7, 11) is 0. The minimum atomic E-state index is 0.195. The molecule has 4 heteroatoms. The van der Waals surface area contributed by atoms with E-state index in [9.17, 15) is 5.11 Å². The van der Waals surface area contributed by atoms with Crippen LogP contribution in [0, 0.1) is 6.92 Å². The zero-order valence-corrected chi connectivity index (χ0v) is 8.22. The minimum absolute atomic E-state index is 0.195. The molecule has 0 aromatic heterocycles. The van der Waals surface area contributed by atoms with Crippen LogP contribution in [0.25, 0.3) is 0 Å². The van der Waals surface area contributed by atoms with Crippen molar-refractivity contribution >= 4 is 15.9 Å². The Morgan fingerprint density at radius 2 is 2.17 bits per heavy atom. The van der Waals surface area contributed by atoms with E-state index in [0.29, 0.717) is 11.0 Å². The Labute approximate surface area is 79.1 Å². The maximum atomic E-state index is 9.35. The van der Waals surface area contributed by atoms with E-state index in [-0.39, 0.29) is 5.75 Å². The van der Waals surface area contributed by atoms with Gasteiger partial charge in [-0.15, -0.1) is 0 Å². The average molecular weight is 232 g/mol. The maximum Gasteiger partial charge on any atom is 0.130 e. The minimum Gasteiger partial charge on any atom is -0.507 e. The highest BCUT2D eigenvalue weighted by Crippen LogP contribution is 2.28. The van der Waals surface area contributed by atoms with Gasteiger partial charge in [0, 0.05) is 6.54 Å². The fourth-order valence-corrected chi connectivity index (χ4v) is 1.25. The lowest BCUT2D eigenvalue weighted by Gasteiger charge is -2.05. The summed E-state index contributed by atoms with van der Waals surface area (Å²) >= 11 is 3.23. The van der Waals surface area contributed by atoms with Crippen molar-refractivity contribution in [3.05, 3.63) is 27.7 Å². The van der Waals surface area contributed by atoms with Crippen LogP contribution in [0.15, 0.2) is 16.6 Å². The second-order valence-electron chi connectivity index (χ2n) is 2.58. The predicted octanol–water partition coefficient (Wildman–Crippen LogP) is 1.94. The Morgan fingerprint density at radius 1 is 1.50 bits per heavy atom. The Kier molecular flexibility index (Phi) is 3.08. The van der Waals surface area contributed by atoms with E-state index < -0.39 is 0 Å². The molecule has 0 fully saturated rings. The first kappa shape index (κ1) is 9.51. The highest BCUT2D eigenvalue weighted by molar-refractivity contribution is 9.10. The number of hydroxylamine groups is 1. The van der Waals surface area contributed by atoms with Gasteiger partial charge in [0.05, 0.1) is 4.47 Å². The predicted molar refractivity (Wildman–Crippen MR) is 49.2 cm³/mol. The monoisotopic (exact) mass is 231 g/mol. The Bertz CT molecular complexity index is 265. The van der Waals surface area contributed by atoms with Gasteiger partial charge >= 0.3 is 0 Å². The van der Waals surface area contributed by atoms with Crippen molar-refractivity contribution in [3.8, 4) is 5.75 Å². The zero-order chi connectivity index (χ0) is 9.14. The van der Waals surface area contributed by atoms with E-state index in [2.05, 4.69) is 15.9 Å². The quantitative estimate of drug-likeness (QED) is 0.683. The molecule has 0 aliphatic carbocycles. The molecule has 0 aliphatic heterocycles. The molecular formula is C8H10BrNO2. The Balaban J connectivity index is 3.04. The number of benzene rings is 1. The van der Waals surface area contributed by atoms with Crippen LogP contribution in [0.3, 0.4) is 0 Å². The Hall–Kier alpha value is -0.580. The number of hydrogen-bond donors (Lipinski definition) is 3. The molecule has 3 nitrogen and oxygen atoms in total. The fourth-order valence-electron chi connectivity index (χ4n) is 1.02. The molecule has 0 radical (unpaired) electrons. The first-order valence-electron chi connectivity index (χ1n) is 3.50. The molecule has 3 N–H and O–H groups in total. The zero-order valence-electron chi connectivity index (χ0n) is 6.63. The van der Waals surface area contributed by atoms with Gasteiger partial charge in [0.1, 0.15) is 5.75 Å². The molecule has 1 aromatic carbocycles. The van der Waals surface area contributed by atoms with Crippen LogP contribution < -0.4 is 5.48 Å². The number of rotatable bonds is 2. The van der Waals surface area contributed by atoms with Gasteiger partial charge in [-0.3, -0.25) is 0 Å². The van der Waals surface area contributed by atoms with Crippen molar-refractivity contribution in [1.82, 2.24) is 5.48 Å². The highest BCUT2D eigenvalue weighted by Gasteiger charge is 2.03. The summed E-state index contributed by atoms with van der Waals surface area (Å²) in [5.74, 6) is 0.195. The van der Waals surface area contributed by atoms with E-state index in [1.165, 1.54) is 0 Å². The van der Waals surface area contributed by atoms with Gasteiger partial charge in [-0.05, 0) is 40.0 Å². The molecule has 0 bridgehead atoms. The topological polar surface area (TPSA) is 52.5 Å². The summed E-state index contributed by atoms with van der Waals surface area (Å²) in [5, 5.41) is 17.8. The van der Waals surface area contributed by atoms with Crippen molar-refractivity contribution in [1.29, 1.82) is 0 Å². The van der Waals surface area contributed by atoms with Gasteiger partial charge in [-0.2, -0.15) is 0 Å². The third-order valence-corrected chi connectivity index (χ3v) is 2.61. The molecule has 0 amide bonds. The van der Waals surface area contributed by atoms with Crippen LogP contribution in [0.5, 0.6) is 5.75 Å². The van der Waals surface area contributed by atoms with E-state index in [1.54, 1.807) is 6.07 Å².